The monoisotopic (exact) mass is 1120 g/mol. The maximum Gasteiger partial charge on any atom is 0.306 e. The average Bonchev–Trinajstić information content (AvgIpc) is 3.46. The molecule has 0 aliphatic heterocycles. The van der Waals surface area contributed by atoms with Crippen molar-refractivity contribution in [3.05, 3.63) is 36.5 Å². The Bertz CT molecular complexity index is 1340. The van der Waals surface area contributed by atoms with Gasteiger partial charge < -0.3 is 14.2 Å². The standard InChI is InChI=1S/C74H138O6/c1-4-7-10-13-16-19-22-25-28-30-32-34-35-36-37-38-39-41-42-44-46-49-52-55-58-61-64-67-73(76)79-70-71(69-78-72(75)66-63-60-57-54-51-48-27-24-21-18-15-12-9-6-3)80-74(77)68-65-62-59-56-53-50-47-45-43-40-33-31-29-26-23-20-17-14-11-8-5-2/h15,18,24,27,31,33,71H,4-14,16-17,19-23,25-26,28-30,32,34-70H2,1-3H3/b18-15-,27-24-,33-31-. The maximum atomic E-state index is 13.0. The first-order chi connectivity index (χ1) is 39.5. The molecule has 0 bridgehead atoms. The Kier molecular flexibility index (Phi) is 67.1. The molecule has 6 nitrogen and oxygen atoms in total. The van der Waals surface area contributed by atoms with Crippen LogP contribution in [-0.4, -0.2) is 37.2 Å². The van der Waals surface area contributed by atoms with Crippen LogP contribution in [0.25, 0.3) is 0 Å². The largest absolute Gasteiger partial charge is 0.462 e. The molecule has 1 unspecified atom stereocenters. The molecule has 0 aliphatic rings. The van der Waals surface area contributed by atoms with Gasteiger partial charge in [0.25, 0.3) is 0 Å². The zero-order valence-corrected chi connectivity index (χ0v) is 54.1. The van der Waals surface area contributed by atoms with Crippen molar-refractivity contribution in [2.45, 2.75) is 406 Å². The molecular weight excluding hydrogens is 985 g/mol. The van der Waals surface area contributed by atoms with Crippen LogP contribution >= 0.6 is 0 Å². The summed E-state index contributed by atoms with van der Waals surface area (Å²) >= 11 is 0. The van der Waals surface area contributed by atoms with E-state index in [1.807, 2.05) is 0 Å². The van der Waals surface area contributed by atoms with E-state index >= 15 is 0 Å². The van der Waals surface area contributed by atoms with Crippen LogP contribution in [-0.2, 0) is 28.6 Å². The number of rotatable bonds is 67. The molecule has 0 spiro atoms. The highest BCUT2D eigenvalue weighted by Gasteiger charge is 2.19. The van der Waals surface area contributed by atoms with Crippen LogP contribution in [0.2, 0.25) is 0 Å². The van der Waals surface area contributed by atoms with Crippen molar-refractivity contribution in [3.63, 3.8) is 0 Å². The predicted octanol–water partition coefficient (Wildman–Crippen LogP) is 24.7. The van der Waals surface area contributed by atoms with Crippen LogP contribution in [0.5, 0.6) is 0 Å². The Morgan fingerprint density at radius 3 is 0.738 bits per heavy atom. The molecule has 0 aromatic rings. The molecule has 0 fully saturated rings. The van der Waals surface area contributed by atoms with E-state index in [0.717, 1.165) is 77.0 Å². The zero-order chi connectivity index (χ0) is 57.8. The van der Waals surface area contributed by atoms with E-state index in [4.69, 9.17) is 14.2 Å². The van der Waals surface area contributed by atoms with Crippen molar-refractivity contribution in [2.75, 3.05) is 13.2 Å². The van der Waals surface area contributed by atoms with Crippen molar-refractivity contribution in [3.8, 4) is 0 Å². The van der Waals surface area contributed by atoms with E-state index < -0.39 is 6.10 Å². The van der Waals surface area contributed by atoms with E-state index in [-0.39, 0.29) is 31.1 Å². The minimum atomic E-state index is -0.778. The molecule has 0 rings (SSSR count). The molecule has 0 heterocycles. The lowest BCUT2D eigenvalue weighted by atomic mass is 10.0. The molecule has 0 aromatic heterocycles. The summed E-state index contributed by atoms with van der Waals surface area (Å²) < 4.78 is 17.0. The number of hydrogen-bond donors (Lipinski definition) is 0. The Morgan fingerprint density at radius 1 is 0.250 bits per heavy atom. The smallest absolute Gasteiger partial charge is 0.306 e. The minimum Gasteiger partial charge on any atom is -0.462 e. The van der Waals surface area contributed by atoms with Crippen molar-refractivity contribution in [1.82, 2.24) is 0 Å². The van der Waals surface area contributed by atoms with Gasteiger partial charge in [-0.25, -0.2) is 0 Å². The third-order valence-electron chi connectivity index (χ3n) is 16.4. The fraction of sp³-hybridized carbons (Fsp3) is 0.878. The van der Waals surface area contributed by atoms with Crippen LogP contribution < -0.4 is 0 Å². The van der Waals surface area contributed by atoms with Crippen LogP contribution in [0.1, 0.15) is 400 Å². The van der Waals surface area contributed by atoms with Crippen LogP contribution in [0.4, 0.5) is 0 Å². The number of allylic oxidation sites excluding steroid dienone is 6. The summed E-state index contributed by atoms with van der Waals surface area (Å²) in [5.41, 5.74) is 0. The van der Waals surface area contributed by atoms with Crippen LogP contribution in [0.15, 0.2) is 36.5 Å². The molecule has 6 heteroatoms. The zero-order valence-electron chi connectivity index (χ0n) is 54.1. The average molecular weight is 1120 g/mol. The van der Waals surface area contributed by atoms with Crippen molar-refractivity contribution in [1.29, 1.82) is 0 Å². The third-order valence-corrected chi connectivity index (χ3v) is 16.4. The highest BCUT2D eigenvalue weighted by molar-refractivity contribution is 5.71. The van der Waals surface area contributed by atoms with E-state index in [0.29, 0.717) is 19.3 Å². The van der Waals surface area contributed by atoms with E-state index in [1.54, 1.807) is 0 Å². The number of unbranched alkanes of at least 4 members (excludes halogenated alkanes) is 50. The lowest BCUT2D eigenvalue weighted by molar-refractivity contribution is -0.167. The highest BCUT2D eigenvalue weighted by atomic mass is 16.6. The predicted molar refractivity (Wildman–Crippen MR) is 349 cm³/mol. The Morgan fingerprint density at radius 2 is 0.463 bits per heavy atom. The minimum absolute atomic E-state index is 0.0729. The van der Waals surface area contributed by atoms with Gasteiger partial charge in [-0.2, -0.15) is 0 Å². The van der Waals surface area contributed by atoms with E-state index in [2.05, 4.69) is 57.2 Å². The fourth-order valence-electron chi connectivity index (χ4n) is 10.9. The van der Waals surface area contributed by atoms with Crippen molar-refractivity contribution in [2.24, 2.45) is 0 Å². The van der Waals surface area contributed by atoms with Crippen LogP contribution in [0.3, 0.4) is 0 Å². The summed E-state index contributed by atoms with van der Waals surface area (Å²) in [6, 6.07) is 0. The Hall–Kier alpha value is -2.37. The molecule has 0 amide bonds. The first-order valence-corrected chi connectivity index (χ1v) is 36.0. The molecular formula is C74H138O6. The van der Waals surface area contributed by atoms with Crippen LogP contribution in [0, 0.1) is 0 Å². The summed E-state index contributed by atoms with van der Waals surface area (Å²) in [4.78, 5) is 38.4. The molecule has 0 aliphatic carbocycles. The quantitative estimate of drug-likeness (QED) is 0.0261. The Balaban J connectivity index is 4.23. The second-order valence-corrected chi connectivity index (χ2v) is 24.5. The van der Waals surface area contributed by atoms with Gasteiger partial charge in [0.1, 0.15) is 13.2 Å². The Labute approximate surface area is 499 Å². The first kappa shape index (κ1) is 77.6. The molecule has 0 N–H and O–H groups in total. The van der Waals surface area contributed by atoms with Gasteiger partial charge in [0.15, 0.2) is 6.10 Å². The third kappa shape index (κ3) is 66.4. The second kappa shape index (κ2) is 69.1. The first-order valence-electron chi connectivity index (χ1n) is 36.0. The molecule has 0 radical (unpaired) electrons. The van der Waals surface area contributed by atoms with E-state index in [9.17, 15) is 14.4 Å². The van der Waals surface area contributed by atoms with Gasteiger partial charge in [-0.15, -0.1) is 0 Å². The maximum absolute atomic E-state index is 13.0. The summed E-state index contributed by atoms with van der Waals surface area (Å²) in [6.45, 7) is 6.66. The van der Waals surface area contributed by atoms with Gasteiger partial charge in [0.05, 0.1) is 0 Å². The normalized spacial score (nSPS) is 12.2. The summed E-state index contributed by atoms with van der Waals surface area (Å²) in [7, 11) is 0. The highest BCUT2D eigenvalue weighted by Crippen LogP contribution is 2.19. The number of ether oxygens (including phenoxy) is 3. The van der Waals surface area contributed by atoms with Gasteiger partial charge in [0, 0.05) is 19.3 Å². The second-order valence-electron chi connectivity index (χ2n) is 24.5. The number of hydrogen-bond acceptors (Lipinski definition) is 6. The number of carbonyl (C=O) groups is 3. The molecule has 0 saturated heterocycles. The van der Waals surface area contributed by atoms with E-state index in [1.165, 1.54) is 283 Å². The fourth-order valence-corrected chi connectivity index (χ4v) is 10.9. The molecule has 1 atom stereocenters. The van der Waals surface area contributed by atoms with Gasteiger partial charge in [0.2, 0.25) is 0 Å². The van der Waals surface area contributed by atoms with Gasteiger partial charge in [-0.1, -0.05) is 346 Å². The molecule has 80 heavy (non-hydrogen) atoms. The lowest BCUT2D eigenvalue weighted by Gasteiger charge is -2.18. The summed E-state index contributed by atoms with van der Waals surface area (Å²) in [5.74, 6) is -0.861. The van der Waals surface area contributed by atoms with Crippen molar-refractivity contribution >= 4 is 17.9 Å². The molecule has 0 saturated carbocycles. The number of carbonyl (C=O) groups excluding carboxylic acids is 3. The van der Waals surface area contributed by atoms with Gasteiger partial charge in [-0.05, 0) is 70.6 Å². The lowest BCUT2D eigenvalue weighted by Crippen LogP contribution is -2.30. The summed E-state index contributed by atoms with van der Waals surface area (Å²) in [5, 5.41) is 0. The molecule has 470 valence electrons. The van der Waals surface area contributed by atoms with Gasteiger partial charge in [-0.3, -0.25) is 14.4 Å². The molecule has 0 aromatic carbocycles. The SMILES string of the molecule is CCCC/C=C\C/C=C\CCCCCCCC(=O)OCC(COC(=O)CCCCCCCCCCCCCCCCCCCCCCCCCCCCC)OC(=O)CCCCCCCCCCC/C=C\CCCCCCCCCC. The number of esters is 3. The van der Waals surface area contributed by atoms with Gasteiger partial charge >= 0.3 is 17.9 Å². The topological polar surface area (TPSA) is 78.9 Å². The summed E-state index contributed by atoms with van der Waals surface area (Å²) in [6.07, 6.45) is 86.1. The van der Waals surface area contributed by atoms with Crippen molar-refractivity contribution < 1.29 is 28.6 Å².